The lowest BCUT2D eigenvalue weighted by Crippen LogP contribution is -2.37. The molecule has 6 heteroatoms. The molecule has 0 atom stereocenters. The summed E-state index contributed by atoms with van der Waals surface area (Å²) in [6.07, 6.45) is 1.45. The first-order chi connectivity index (χ1) is 8.90. The number of amides is 2. The van der Waals surface area contributed by atoms with Crippen LogP contribution >= 0.6 is 12.4 Å². The summed E-state index contributed by atoms with van der Waals surface area (Å²) < 4.78 is 0. The number of carbonyl (C=O) groups is 2. The molecule has 0 aromatic heterocycles. The van der Waals surface area contributed by atoms with Gasteiger partial charge in [-0.25, -0.2) is 0 Å². The Balaban J connectivity index is 0.00000200. The molecule has 1 aliphatic rings. The highest BCUT2D eigenvalue weighted by Crippen LogP contribution is 2.33. The monoisotopic (exact) mass is 297 g/mol. The minimum atomic E-state index is -0.697. The van der Waals surface area contributed by atoms with Gasteiger partial charge in [-0.15, -0.1) is 12.4 Å². The van der Waals surface area contributed by atoms with Gasteiger partial charge >= 0.3 is 0 Å². The Kier molecular flexibility index (Phi) is 5.14. The van der Waals surface area contributed by atoms with Crippen LogP contribution in [-0.4, -0.2) is 17.4 Å². The summed E-state index contributed by atoms with van der Waals surface area (Å²) in [7, 11) is 0. The van der Waals surface area contributed by atoms with Gasteiger partial charge in [0.2, 0.25) is 11.8 Å². The van der Waals surface area contributed by atoms with Crippen LogP contribution in [0.15, 0.2) is 24.3 Å². The first kappa shape index (κ1) is 16.5. The lowest BCUT2D eigenvalue weighted by atomic mass is 10.2. The Bertz CT molecular complexity index is 513. The summed E-state index contributed by atoms with van der Waals surface area (Å²) in [6.45, 7) is 3.65. The smallest absolute Gasteiger partial charge is 0.244 e. The van der Waals surface area contributed by atoms with Crippen LogP contribution in [0.25, 0.3) is 0 Å². The van der Waals surface area contributed by atoms with Gasteiger partial charge < -0.3 is 16.4 Å². The van der Waals surface area contributed by atoms with E-state index in [2.05, 4.69) is 10.6 Å². The molecule has 1 aromatic carbocycles. The van der Waals surface area contributed by atoms with Crippen molar-refractivity contribution >= 4 is 35.6 Å². The number of halogens is 1. The second-order valence-electron chi connectivity index (χ2n) is 5.34. The highest BCUT2D eigenvalue weighted by atomic mass is 35.5. The van der Waals surface area contributed by atoms with E-state index in [1.165, 1.54) is 0 Å². The molecule has 2 rings (SSSR count). The van der Waals surface area contributed by atoms with Gasteiger partial charge in [0.15, 0.2) is 0 Å². The Hall–Kier alpha value is -1.59. The van der Waals surface area contributed by atoms with Gasteiger partial charge in [0.25, 0.3) is 0 Å². The van der Waals surface area contributed by atoms with Crippen LogP contribution in [0.5, 0.6) is 0 Å². The average molecular weight is 298 g/mol. The average Bonchev–Trinajstić information content (AvgIpc) is 3.09. The van der Waals surface area contributed by atoms with Crippen molar-refractivity contribution in [3.63, 3.8) is 0 Å². The van der Waals surface area contributed by atoms with Crippen molar-refractivity contribution in [2.75, 3.05) is 10.6 Å². The highest BCUT2D eigenvalue weighted by molar-refractivity contribution is 6.00. The van der Waals surface area contributed by atoms with Crippen molar-refractivity contribution in [2.24, 2.45) is 11.7 Å². The van der Waals surface area contributed by atoms with E-state index in [1.807, 2.05) is 13.8 Å². The molecule has 4 N–H and O–H groups in total. The molecule has 20 heavy (non-hydrogen) atoms. The zero-order chi connectivity index (χ0) is 14.0. The van der Waals surface area contributed by atoms with Crippen molar-refractivity contribution in [2.45, 2.75) is 32.2 Å². The van der Waals surface area contributed by atoms with Gasteiger partial charge in [0, 0.05) is 17.3 Å². The molecule has 0 radical (unpaired) electrons. The van der Waals surface area contributed by atoms with Crippen LogP contribution in [0.2, 0.25) is 0 Å². The molecule has 0 spiro atoms. The largest absolute Gasteiger partial charge is 0.326 e. The number of rotatable bonds is 4. The van der Waals surface area contributed by atoms with Gasteiger partial charge in [-0.3, -0.25) is 9.59 Å². The van der Waals surface area contributed by atoms with Crippen molar-refractivity contribution in [3.05, 3.63) is 24.3 Å². The topological polar surface area (TPSA) is 84.2 Å². The molecule has 0 heterocycles. The molecular weight excluding hydrogens is 278 g/mol. The maximum atomic E-state index is 11.8. The Labute approximate surface area is 124 Å². The quantitative estimate of drug-likeness (QED) is 0.796. The normalized spacial score (nSPS) is 15.2. The van der Waals surface area contributed by atoms with E-state index in [0.29, 0.717) is 11.4 Å². The third-order valence-corrected chi connectivity index (χ3v) is 3.15. The minimum Gasteiger partial charge on any atom is -0.326 e. The minimum absolute atomic E-state index is 0. The Morgan fingerprint density at radius 3 is 2.25 bits per heavy atom. The van der Waals surface area contributed by atoms with E-state index in [9.17, 15) is 9.59 Å². The van der Waals surface area contributed by atoms with E-state index in [4.69, 9.17) is 5.73 Å². The highest BCUT2D eigenvalue weighted by Gasteiger charge is 2.45. The number of hydrogen-bond donors (Lipinski definition) is 3. The number of anilines is 2. The van der Waals surface area contributed by atoms with Crippen LogP contribution in [0.3, 0.4) is 0 Å². The van der Waals surface area contributed by atoms with Gasteiger partial charge in [-0.1, -0.05) is 19.9 Å². The van der Waals surface area contributed by atoms with Gasteiger partial charge in [-0.2, -0.15) is 0 Å². The third kappa shape index (κ3) is 3.95. The lowest BCUT2D eigenvalue weighted by Gasteiger charge is -2.12. The van der Waals surface area contributed by atoms with Crippen molar-refractivity contribution in [1.29, 1.82) is 0 Å². The fourth-order valence-electron chi connectivity index (χ4n) is 1.58. The van der Waals surface area contributed by atoms with E-state index >= 15 is 0 Å². The molecule has 1 aromatic rings. The first-order valence-corrected chi connectivity index (χ1v) is 6.42. The number of benzene rings is 1. The third-order valence-electron chi connectivity index (χ3n) is 3.15. The molecule has 5 nitrogen and oxygen atoms in total. The number of nitrogens with one attached hydrogen (secondary N) is 2. The van der Waals surface area contributed by atoms with Crippen molar-refractivity contribution in [3.8, 4) is 0 Å². The van der Waals surface area contributed by atoms with E-state index in [0.717, 1.165) is 12.8 Å². The fourth-order valence-corrected chi connectivity index (χ4v) is 1.58. The van der Waals surface area contributed by atoms with Crippen LogP contribution in [0.1, 0.15) is 26.7 Å². The van der Waals surface area contributed by atoms with Crippen LogP contribution in [0, 0.1) is 5.92 Å². The van der Waals surface area contributed by atoms with Gasteiger partial charge in [0.1, 0.15) is 0 Å². The molecule has 1 fully saturated rings. The predicted octanol–water partition coefficient (Wildman–Crippen LogP) is 2.13. The zero-order valence-corrected chi connectivity index (χ0v) is 12.4. The molecule has 2 amide bonds. The first-order valence-electron chi connectivity index (χ1n) is 6.42. The van der Waals surface area contributed by atoms with Crippen LogP contribution in [-0.2, 0) is 9.59 Å². The molecule has 0 unspecified atom stereocenters. The summed E-state index contributed by atoms with van der Waals surface area (Å²) in [5.74, 6) is -0.308. The lowest BCUT2D eigenvalue weighted by molar-refractivity contribution is -0.119. The van der Waals surface area contributed by atoms with Gasteiger partial charge in [0.05, 0.1) is 5.54 Å². The van der Waals surface area contributed by atoms with E-state index in [-0.39, 0.29) is 30.1 Å². The molecule has 0 bridgehead atoms. The van der Waals surface area contributed by atoms with Crippen molar-refractivity contribution in [1.82, 2.24) is 0 Å². The Morgan fingerprint density at radius 2 is 1.75 bits per heavy atom. The second-order valence-corrected chi connectivity index (χ2v) is 5.34. The maximum Gasteiger partial charge on any atom is 0.244 e. The molecular formula is C14H20ClN3O2. The van der Waals surface area contributed by atoms with Crippen LogP contribution < -0.4 is 16.4 Å². The summed E-state index contributed by atoms with van der Waals surface area (Å²) >= 11 is 0. The van der Waals surface area contributed by atoms with Gasteiger partial charge in [-0.05, 0) is 31.0 Å². The number of hydrogen-bond acceptors (Lipinski definition) is 3. The van der Waals surface area contributed by atoms with Crippen molar-refractivity contribution < 1.29 is 9.59 Å². The standard InChI is InChI=1S/C14H19N3O2.ClH/c1-9(2)12(18)16-10-4-3-5-11(8-10)17-13(19)14(15)6-7-14;/h3-5,8-9H,6-7,15H2,1-2H3,(H,16,18)(H,17,19);1H. The Morgan fingerprint density at radius 1 is 1.20 bits per heavy atom. The molecule has 110 valence electrons. The molecule has 0 saturated heterocycles. The van der Waals surface area contributed by atoms with E-state index < -0.39 is 5.54 Å². The summed E-state index contributed by atoms with van der Waals surface area (Å²) in [5, 5.41) is 5.56. The maximum absolute atomic E-state index is 11.8. The van der Waals surface area contributed by atoms with E-state index in [1.54, 1.807) is 24.3 Å². The summed E-state index contributed by atoms with van der Waals surface area (Å²) in [5.41, 5.74) is 6.42. The zero-order valence-electron chi connectivity index (χ0n) is 11.6. The van der Waals surface area contributed by atoms with Crippen LogP contribution in [0.4, 0.5) is 11.4 Å². The molecule has 1 aliphatic carbocycles. The SMILES string of the molecule is CC(C)C(=O)Nc1cccc(NC(=O)C2(N)CC2)c1.Cl. The predicted molar refractivity (Wildman–Crippen MR) is 81.9 cm³/mol. The summed E-state index contributed by atoms with van der Waals surface area (Å²) in [4.78, 5) is 23.4. The number of carbonyl (C=O) groups excluding carboxylic acids is 2. The fraction of sp³-hybridized carbons (Fsp3) is 0.429. The molecule has 1 saturated carbocycles. The molecule has 0 aliphatic heterocycles. The second kappa shape index (κ2) is 6.24. The number of nitrogens with two attached hydrogens (primary N) is 1. The summed E-state index contributed by atoms with van der Waals surface area (Å²) in [6, 6.07) is 7.06.